The molecule has 0 fully saturated rings. The van der Waals surface area contributed by atoms with Crippen molar-refractivity contribution in [1.82, 2.24) is 5.32 Å². The largest absolute Gasteiger partial charge is 0.481 e. The topological polar surface area (TPSA) is 110 Å². The fourth-order valence-corrected chi connectivity index (χ4v) is 1.79. The normalized spacial score (nSPS) is 11.7. The predicted octanol–water partition coefficient (Wildman–Crippen LogP) is 2.09. The van der Waals surface area contributed by atoms with E-state index in [9.17, 15) is 19.7 Å². The first-order valence-electron chi connectivity index (χ1n) is 5.75. The number of carboxylic acids is 1. The fraction of sp³-hybridized carbons (Fsp3) is 0.333. The number of nitrogens with one attached hydrogen (secondary N) is 1. The number of non-ortho nitro benzene ring substituents is 1. The minimum Gasteiger partial charge on any atom is -0.481 e. The van der Waals surface area contributed by atoms with Crippen LogP contribution >= 0.6 is 11.6 Å². The summed E-state index contributed by atoms with van der Waals surface area (Å²) in [5.41, 5.74) is -0.0920. The highest BCUT2D eigenvalue weighted by molar-refractivity contribution is 6.34. The highest BCUT2D eigenvalue weighted by atomic mass is 35.5. The van der Waals surface area contributed by atoms with Crippen molar-refractivity contribution in [3.05, 3.63) is 38.9 Å². The highest BCUT2D eigenvalue weighted by Gasteiger charge is 2.16. The number of aliphatic carboxylic acids is 1. The van der Waals surface area contributed by atoms with E-state index in [0.29, 0.717) is 0 Å². The summed E-state index contributed by atoms with van der Waals surface area (Å²) in [6.07, 6.45) is -0.0612. The van der Waals surface area contributed by atoms with Gasteiger partial charge >= 0.3 is 5.97 Å². The predicted molar refractivity (Wildman–Crippen MR) is 71.9 cm³/mol. The van der Waals surface area contributed by atoms with Gasteiger partial charge in [0.05, 0.1) is 15.5 Å². The van der Waals surface area contributed by atoms with E-state index in [4.69, 9.17) is 16.7 Å². The third-order valence-corrected chi connectivity index (χ3v) is 2.85. The second-order valence-electron chi connectivity index (χ2n) is 4.33. The SMILES string of the molecule is CC(CNC(=O)c1ccc([N+](=O)[O-])cc1Cl)CC(=O)O. The lowest BCUT2D eigenvalue weighted by Gasteiger charge is -2.11. The Balaban J connectivity index is 2.68. The summed E-state index contributed by atoms with van der Waals surface area (Å²) in [7, 11) is 0. The maximum absolute atomic E-state index is 11.8. The number of carbonyl (C=O) groups excluding carboxylic acids is 1. The summed E-state index contributed by atoms with van der Waals surface area (Å²) < 4.78 is 0. The molecule has 0 saturated heterocycles. The Bertz CT molecular complexity index is 547. The first-order valence-corrected chi connectivity index (χ1v) is 6.13. The summed E-state index contributed by atoms with van der Waals surface area (Å²) in [6.45, 7) is 1.87. The van der Waals surface area contributed by atoms with Crippen LogP contribution in [0.1, 0.15) is 23.7 Å². The smallest absolute Gasteiger partial charge is 0.303 e. The molecule has 0 saturated carbocycles. The molecule has 8 heteroatoms. The number of carboxylic acid groups (broad SMARTS) is 1. The quantitative estimate of drug-likeness (QED) is 0.617. The number of halogens is 1. The van der Waals surface area contributed by atoms with Crippen LogP contribution in [0.2, 0.25) is 5.02 Å². The van der Waals surface area contributed by atoms with Crippen LogP contribution in [0.4, 0.5) is 5.69 Å². The molecule has 0 aliphatic heterocycles. The molecule has 1 atom stereocenters. The van der Waals surface area contributed by atoms with E-state index in [0.717, 1.165) is 6.07 Å². The average molecular weight is 301 g/mol. The van der Waals surface area contributed by atoms with Gasteiger partial charge in [0.1, 0.15) is 0 Å². The molecule has 2 N–H and O–H groups in total. The minimum atomic E-state index is -0.944. The lowest BCUT2D eigenvalue weighted by molar-refractivity contribution is -0.384. The van der Waals surface area contributed by atoms with Crippen LogP contribution in [-0.2, 0) is 4.79 Å². The van der Waals surface area contributed by atoms with Crippen molar-refractivity contribution >= 4 is 29.2 Å². The van der Waals surface area contributed by atoms with Gasteiger partial charge in [0.2, 0.25) is 0 Å². The monoisotopic (exact) mass is 300 g/mol. The molecule has 20 heavy (non-hydrogen) atoms. The van der Waals surface area contributed by atoms with E-state index >= 15 is 0 Å². The van der Waals surface area contributed by atoms with Gasteiger partial charge in [-0.1, -0.05) is 18.5 Å². The van der Waals surface area contributed by atoms with E-state index < -0.39 is 16.8 Å². The summed E-state index contributed by atoms with van der Waals surface area (Å²) in [4.78, 5) is 32.2. The Labute approximate surface area is 119 Å². The van der Waals surface area contributed by atoms with Crippen molar-refractivity contribution in [3.8, 4) is 0 Å². The molecule has 0 bridgehead atoms. The number of carbonyl (C=O) groups is 2. The first kappa shape index (κ1) is 15.9. The van der Waals surface area contributed by atoms with E-state index in [1.54, 1.807) is 6.92 Å². The lowest BCUT2D eigenvalue weighted by Crippen LogP contribution is -2.29. The number of rotatable bonds is 6. The Morgan fingerprint density at radius 1 is 1.50 bits per heavy atom. The summed E-state index contributed by atoms with van der Waals surface area (Å²) in [5, 5.41) is 21.6. The second-order valence-corrected chi connectivity index (χ2v) is 4.74. The van der Waals surface area contributed by atoms with Gasteiger partial charge in [-0.25, -0.2) is 0 Å². The zero-order valence-corrected chi connectivity index (χ0v) is 11.4. The van der Waals surface area contributed by atoms with Gasteiger partial charge in [-0.15, -0.1) is 0 Å². The van der Waals surface area contributed by atoms with Crippen molar-refractivity contribution in [3.63, 3.8) is 0 Å². The third kappa shape index (κ3) is 4.51. The maximum Gasteiger partial charge on any atom is 0.303 e. The molecule has 0 aliphatic rings. The zero-order chi connectivity index (χ0) is 15.3. The van der Waals surface area contributed by atoms with Gasteiger partial charge in [-0.3, -0.25) is 19.7 Å². The van der Waals surface area contributed by atoms with E-state index in [1.807, 2.05) is 0 Å². The van der Waals surface area contributed by atoms with Crippen LogP contribution in [0.15, 0.2) is 18.2 Å². The van der Waals surface area contributed by atoms with Crippen molar-refractivity contribution in [2.24, 2.45) is 5.92 Å². The Morgan fingerprint density at radius 3 is 2.65 bits per heavy atom. The van der Waals surface area contributed by atoms with Gasteiger partial charge in [0, 0.05) is 25.1 Å². The number of nitro benzene ring substituents is 1. The zero-order valence-electron chi connectivity index (χ0n) is 10.6. The van der Waals surface area contributed by atoms with Crippen LogP contribution in [0.25, 0.3) is 0 Å². The fourth-order valence-electron chi connectivity index (χ4n) is 1.53. The average Bonchev–Trinajstić information content (AvgIpc) is 2.34. The number of nitrogens with zero attached hydrogens (tertiary/aromatic N) is 1. The maximum atomic E-state index is 11.8. The van der Waals surface area contributed by atoms with Crippen LogP contribution in [0.3, 0.4) is 0 Å². The van der Waals surface area contributed by atoms with E-state index in [-0.39, 0.29) is 35.2 Å². The standard InChI is InChI=1S/C12H13ClN2O5/c1-7(4-11(16)17)6-14-12(18)9-3-2-8(15(19)20)5-10(9)13/h2-3,5,7H,4,6H2,1H3,(H,14,18)(H,16,17). The number of amides is 1. The van der Waals surface area contributed by atoms with Gasteiger partial charge in [0.15, 0.2) is 0 Å². The molecule has 0 aliphatic carbocycles. The first-order chi connectivity index (χ1) is 9.31. The molecular formula is C12H13ClN2O5. The molecule has 1 aromatic carbocycles. The Morgan fingerprint density at radius 2 is 2.15 bits per heavy atom. The molecular weight excluding hydrogens is 288 g/mol. The number of nitro groups is 1. The molecule has 1 aromatic rings. The van der Waals surface area contributed by atoms with Crippen LogP contribution in [0, 0.1) is 16.0 Å². The van der Waals surface area contributed by atoms with Gasteiger partial charge in [-0.2, -0.15) is 0 Å². The Kier molecular flexibility index (Phi) is 5.45. The molecule has 1 amide bonds. The van der Waals surface area contributed by atoms with Gasteiger partial charge in [0.25, 0.3) is 11.6 Å². The summed E-state index contributed by atoms with van der Waals surface area (Å²) in [6, 6.07) is 3.54. The summed E-state index contributed by atoms with van der Waals surface area (Å²) >= 11 is 5.81. The highest BCUT2D eigenvalue weighted by Crippen LogP contribution is 2.22. The number of hydrogen-bond acceptors (Lipinski definition) is 4. The molecule has 0 aromatic heterocycles. The van der Waals surface area contributed by atoms with E-state index in [2.05, 4.69) is 5.32 Å². The number of hydrogen-bond donors (Lipinski definition) is 2. The van der Waals surface area contributed by atoms with Gasteiger partial charge < -0.3 is 10.4 Å². The molecule has 1 unspecified atom stereocenters. The summed E-state index contributed by atoms with van der Waals surface area (Å²) in [5.74, 6) is -1.67. The molecule has 0 heterocycles. The molecule has 7 nitrogen and oxygen atoms in total. The van der Waals surface area contributed by atoms with Crippen LogP contribution in [0.5, 0.6) is 0 Å². The number of benzene rings is 1. The molecule has 0 radical (unpaired) electrons. The van der Waals surface area contributed by atoms with Crippen LogP contribution in [-0.4, -0.2) is 28.5 Å². The lowest BCUT2D eigenvalue weighted by atomic mass is 10.1. The molecule has 0 spiro atoms. The van der Waals surface area contributed by atoms with Gasteiger partial charge in [-0.05, 0) is 12.0 Å². The molecule has 108 valence electrons. The van der Waals surface area contributed by atoms with E-state index in [1.165, 1.54) is 12.1 Å². The molecule has 1 rings (SSSR count). The van der Waals surface area contributed by atoms with Crippen molar-refractivity contribution in [1.29, 1.82) is 0 Å². The Hall–Kier alpha value is -2.15. The third-order valence-electron chi connectivity index (χ3n) is 2.54. The minimum absolute atomic E-state index is 0.0254. The second kappa shape index (κ2) is 6.85. The van der Waals surface area contributed by atoms with Crippen LogP contribution < -0.4 is 5.32 Å². The van der Waals surface area contributed by atoms with Crippen molar-refractivity contribution in [2.45, 2.75) is 13.3 Å². The van der Waals surface area contributed by atoms with Crippen molar-refractivity contribution in [2.75, 3.05) is 6.54 Å². The van der Waals surface area contributed by atoms with Crippen molar-refractivity contribution < 1.29 is 19.6 Å².